The van der Waals surface area contributed by atoms with Crippen LogP contribution in [-0.4, -0.2) is 52.1 Å². The lowest BCUT2D eigenvalue weighted by Crippen LogP contribution is -2.64. The lowest BCUT2D eigenvalue weighted by molar-refractivity contribution is -0.0704. The van der Waals surface area contributed by atoms with Gasteiger partial charge in [0.25, 0.3) is 5.91 Å². The molecular formula is C20H26N4O2. The van der Waals surface area contributed by atoms with Gasteiger partial charge in [-0.15, -0.1) is 0 Å². The van der Waals surface area contributed by atoms with Crippen LogP contribution in [-0.2, 0) is 0 Å². The summed E-state index contributed by atoms with van der Waals surface area (Å²) in [4.78, 5) is 28.0. The summed E-state index contributed by atoms with van der Waals surface area (Å²) in [5.41, 5.74) is 1.65. The Labute approximate surface area is 154 Å². The summed E-state index contributed by atoms with van der Waals surface area (Å²) in [6, 6.07) is 3.67. The molecule has 26 heavy (non-hydrogen) atoms. The van der Waals surface area contributed by atoms with Crippen LogP contribution in [0.15, 0.2) is 34.4 Å². The van der Waals surface area contributed by atoms with Gasteiger partial charge in [0, 0.05) is 17.9 Å². The van der Waals surface area contributed by atoms with Gasteiger partial charge in [-0.2, -0.15) is 0 Å². The molecule has 6 nitrogen and oxygen atoms in total. The van der Waals surface area contributed by atoms with E-state index in [0.29, 0.717) is 23.0 Å². The van der Waals surface area contributed by atoms with Crippen molar-refractivity contribution in [2.75, 3.05) is 6.61 Å². The van der Waals surface area contributed by atoms with Gasteiger partial charge < -0.3 is 10.0 Å². The van der Waals surface area contributed by atoms with Crippen molar-refractivity contribution < 1.29 is 9.90 Å². The maximum atomic E-state index is 13.4. The zero-order chi connectivity index (χ0) is 18.8. The molecule has 2 atom stereocenters. The first kappa shape index (κ1) is 18.5. The highest BCUT2D eigenvalue weighted by atomic mass is 16.3. The Morgan fingerprint density at radius 3 is 2.81 bits per heavy atom. The number of rotatable bonds is 4. The van der Waals surface area contributed by atoms with Crippen LogP contribution in [0, 0.1) is 18.8 Å². The number of piperidine rings is 2. The zero-order valence-corrected chi connectivity index (χ0v) is 15.6. The Balaban J connectivity index is 2.04. The van der Waals surface area contributed by atoms with Gasteiger partial charge >= 0.3 is 0 Å². The Bertz CT molecular complexity index is 765. The molecule has 1 aromatic heterocycles. The van der Waals surface area contributed by atoms with Gasteiger partial charge in [0.15, 0.2) is 5.84 Å². The van der Waals surface area contributed by atoms with Gasteiger partial charge in [0.1, 0.15) is 5.69 Å². The van der Waals surface area contributed by atoms with E-state index in [2.05, 4.69) is 28.6 Å². The lowest BCUT2D eigenvalue weighted by Gasteiger charge is -2.56. The third-order valence-corrected chi connectivity index (χ3v) is 5.65. The monoisotopic (exact) mass is 354 g/mol. The van der Waals surface area contributed by atoms with E-state index < -0.39 is 0 Å². The van der Waals surface area contributed by atoms with E-state index in [0.717, 1.165) is 18.5 Å². The van der Waals surface area contributed by atoms with Gasteiger partial charge in [-0.3, -0.25) is 4.79 Å². The number of amidine groups is 1. The van der Waals surface area contributed by atoms with E-state index in [1.165, 1.54) is 0 Å². The van der Waals surface area contributed by atoms with E-state index in [9.17, 15) is 9.90 Å². The third-order valence-electron chi connectivity index (χ3n) is 5.65. The van der Waals surface area contributed by atoms with Gasteiger partial charge in [-0.25, -0.2) is 15.0 Å². The first-order valence-corrected chi connectivity index (χ1v) is 9.09. The standard InChI is InChI=1S/C20H26N4O2/c1-5-8-22-19(21-4)16-7-6-12(2)23-18(16)20(26)24-15-9-14(10-15)13(3)17(24)11-25/h5-8,13-15,17,25H,4,9-11H2,1-3H3/b8-5-,22-19?. The number of allylic oxidation sites excluding steroid dienone is 1. The van der Waals surface area contributed by atoms with Crippen molar-refractivity contribution in [3.63, 3.8) is 0 Å². The van der Waals surface area contributed by atoms with Crippen LogP contribution in [0.5, 0.6) is 0 Å². The second-order valence-electron chi connectivity index (χ2n) is 7.15. The molecular weight excluding hydrogens is 328 g/mol. The number of carbonyl (C=O) groups is 1. The van der Waals surface area contributed by atoms with Crippen LogP contribution in [0.4, 0.5) is 0 Å². The van der Waals surface area contributed by atoms with E-state index in [-0.39, 0.29) is 30.5 Å². The number of aliphatic hydroxyl groups is 1. The summed E-state index contributed by atoms with van der Waals surface area (Å²) in [6.07, 6.45) is 5.42. The predicted octanol–water partition coefficient (Wildman–Crippen LogP) is 2.60. The second-order valence-corrected chi connectivity index (χ2v) is 7.15. The van der Waals surface area contributed by atoms with Crippen molar-refractivity contribution in [3.05, 3.63) is 41.4 Å². The molecule has 1 saturated carbocycles. The fourth-order valence-corrected chi connectivity index (χ4v) is 4.06. The van der Waals surface area contributed by atoms with Crippen molar-refractivity contribution in [1.29, 1.82) is 0 Å². The number of carbonyl (C=O) groups excluding carboxylic acids is 1. The van der Waals surface area contributed by atoms with Crippen LogP contribution in [0.2, 0.25) is 0 Å². The normalized spacial score (nSPS) is 28.2. The molecule has 3 aliphatic rings. The molecule has 3 heterocycles. The van der Waals surface area contributed by atoms with E-state index in [1.807, 2.05) is 30.9 Å². The van der Waals surface area contributed by atoms with Crippen LogP contribution in [0.25, 0.3) is 0 Å². The molecule has 0 aromatic carbocycles. The Hall–Kier alpha value is -2.34. The molecule has 2 aliphatic heterocycles. The smallest absolute Gasteiger partial charge is 0.273 e. The summed E-state index contributed by atoms with van der Waals surface area (Å²) in [5.74, 6) is 1.11. The van der Waals surface area contributed by atoms with Crippen molar-refractivity contribution in [2.45, 2.75) is 45.7 Å². The average molecular weight is 354 g/mol. The van der Waals surface area contributed by atoms with Crippen molar-refractivity contribution in [1.82, 2.24) is 9.88 Å². The van der Waals surface area contributed by atoms with E-state index >= 15 is 0 Å². The molecule has 2 saturated heterocycles. The third kappa shape index (κ3) is 3.09. The number of hydrogen-bond acceptors (Lipinski definition) is 4. The van der Waals surface area contributed by atoms with Gasteiger partial charge in [0.05, 0.1) is 18.2 Å². The van der Waals surface area contributed by atoms with E-state index in [1.54, 1.807) is 12.3 Å². The molecule has 0 radical (unpaired) electrons. The number of aromatic nitrogens is 1. The molecule has 2 bridgehead atoms. The molecule has 1 N–H and O–H groups in total. The van der Waals surface area contributed by atoms with Gasteiger partial charge in [0.2, 0.25) is 0 Å². The maximum Gasteiger partial charge on any atom is 0.273 e. The molecule has 138 valence electrons. The molecule has 1 amide bonds. The first-order chi connectivity index (χ1) is 12.5. The van der Waals surface area contributed by atoms with Crippen LogP contribution in [0.1, 0.15) is 48.4 Å². The average Bonchev–Trinajstić information content (AvgIpc) is 2.61. The number of nitrogens with zero attached hydrogens (tertiary/aromatic N) is 4. The van der Waals surface area contributed by atoms with Crippen LogP contribution in [0.3, 0.4) is 0 Å². The fraction of sp³-hybridized carbons (Fsp3) is 0.500. The maximum absolute atomic E-state index is 13.4. The first-order valence-electron chi connectivity index (χ1n) is 9.09. The van der Waals surface area contributed by atoms with Gasteiger partial charge in [-0.1, -0.05) is 13.0 Å². The number of fused-ring (bicyclic) bond motifs is 2. The van der Waals surface area contributed by atoms with Crippen LogP contribution >= 0.6 is 0 Å². The summed E-state index contributed by atoms with van der Waals surface area (Å²) >= 11 is 0. The largest absolute Gasteiger partial charge is 0.394 e. The molecule has 2 unspecified atom stereocenters. The highest BCUT2D eigenvalue weighted by molar-refractivity contribution is 6.10. The molecule has 0 spiro atoms. The highest BCUT2D eigenvalue weighted by Crippen LogP contribution is 2.46. The Morgan fingerprint density at radius 1 is 1.46 bits per heavy atom. The number of amides is 1. The molecule has 4 rings (SSSR count). The number of hydrogen-bond donors (Lipinski definition) is 1. The molecule has 3 fully saturated rings. The van der Waals surface area contributed by atoms with Crippen LogP contribution < -0.4 is 0 Å². The fourth-order valence-electron chi connectivity index (χ4n) is 4.06. The summed E-state index contributed by atoms with van der Waals surface area (Å²) in [6.45, 7) is 9.39. The van der Waals surface area contributed by atoms with Crippen molar-refractivity contribution in [2.24, 2.45) is 21.8 Å². The van der Waals surface area contributed by atoms with Gasteiger partial charge in [-0.05, 0) is 57.4 Å². The zero-order valence-electron chi connectivity index (χ0n) is 15.6. The minimum absolute atomic E-state index is 0.0275. The molecule has 1 aromatic rings. The Morgan fingerprint density at radius 2 is 2.19 bits per heavy atom. The number of aryl methyl sites for hydroxylation is 1. The highest BCUT2D eigenvalue weighted by Gasteiger charge is 2.50. The van der Waals surface area contributed by atoms with E-state index in [4.69, 9.17) is 0 Å². The SMILES string of the molecule is C=NC(=N/C=C\C)c1ccc(C)nc1C(=O)N1C2CC(C2)C(C)C1CO. The summed E-state index contributed by atoms with van der Waals surface area (Å²) < 4.78 is 0. The molecule has 6 heteroatoms. The topological polar surface area (TPSA) is 78.2 Å². The minimum atomic E-state index is -0.164. The Kier molecular flexibility index (Phi) is 5.32. The van der Waals surface area contributed by atoms with Crippen molar-refractivity contribution in [3.8, 4) is 0 Å². The number of aliphatic imine (C=N–C) groups is 2. The summed E-state index contributed by atoms with van der Waals surface area (Å²) in [7, 11) is 0. The second kappa shape index (κ2) is 7.50. The van der Waals surface area contributed by atoms with Crippen molar-refractivity contribution >= 4 is 18.5 Å². The predicted molar refractivity (Wildman–Crippen MR) is 103 cm³/mol. The molecule has 1 aliphatic carbocycles. The lowest BCUT2D eigenvalue weighted by atomic mass is 9.64. The quantitative estimate of drug-likeness (QED) is 0.667. The minimum Gasteiger partial charge on any atom is -0.394 e. The number of pyridine rings is 1. The number of aliphatic hydroxyl groups excluding tert-OH is 1. The summed E-state index contributed by atoms with van der Waals surface area (Å²) in [5, 5.41) is 9.89.